The fourth-order valence-corrected chi connectivity index (χ4v) is 5.28. The molecule has 2 aromatic carbocycles. The summed E-state index contributed by atoms with van der Waals surface area (Å²) in [6.45, 7) is 1.94. The van der Waals surface area contributed by atoms with E-state index in [0.29, 0.717) is 34.3 Å². The molecule has 7 nitrogen and oxygen atoms in total. The van der Waals surface area contributed by atoms with Crippen molar-refractivity contribution in [1.82, 2.24) is 14.9 Å². The van der Waals surface area contributed by atoms with E-state index in [2.05, 4.69) is 20.2 Å². The van der Waals surface area contributed by atoms with Crippen molar-refractivity contribution < 1.29 is 19.0 Å². The van der Waals surface area contributed by atoms with Gasteiger partial charge in [0.05, 0.1) is 35.5 Å². The van der Waals surface area contributed by atoms with Gasteiger partial charge in [-0.25, -0.2) is 14.4 Å². The van der Waals surface area contributed by atoms with Crippen LogP contribution in [0.15, 0.2) is 36.7 Å². The maximum absolute atomic E-state index is 14.5. The zero-order valence-electron chi connectivity index (χ0n) is 19.7. The number of methoxy groups -OCH3 is 1. The van der Waals surface area contributed by atoms with Crippen molar-refractivity contribution in [3.8, 4) is 11.5 Å². The molecule has 0 unspecified atom stereocenters. The second-order valence-corrected chi connectivity index (χ2v) is 9.69. The number of anilines is 2. The number of benzene rings is 2. The highest BCUT2D eigenvalue weighted by Crippen LogP contribution is 2.38. The molecule has 0 atom stereocenters. The molecule has 0 radical (unpaired) electrons. The van der Waals surface area contributed by atoms with E-state index in [1.165, 1.54) is 12.4 Å². The summed E-state index contributed by atoms with van der Waals surface area (Å²) < 4.78 is 26.5. The van der Waals surface area contributed by atoms with Gasteiger partial charge >= 0.3 is 0 Å². The van der Waals surface area contributed by atoms with Gasteiger partial charge in [-0.05, 0) is 56.7 Å². The molecular formula is C26H30ClFN4O3. The molecule has 35 heavy (non-hydrogen) atoms. The first-order chi connectivity index (χ1) is 17.0. The zero-order chi connectivity index (χ0) is 24.4. The van der Waals surface area contributed by atoms with Gasteiger partial charge in [0.2, 0.25) is 0 Å². The minimum atomic E-state index is -0.536. The summed E-state index contributed by atoms with van der Waals surface area (Å²) in [7, 11) is 1.61. The number of nitrogens with one attached hydrogen (secondary N) is 1. The lowest BCUT2D eigenvalue weighted by atomic mass is 9.90. The number of aliphatic hydroxyl groups is 1. The summed E-state index contributed by atoms with van der Waals surface area (Å²) in [6.07, 6.45) is 7.13. The van der Waals surface area contributed by atoms with Crippen LogP contribution in [0, 0.1) is 5.82 Å². The Bertz CT molecular complexity index is 1180. The molecule has 1 aromatic heterocycles. The molecule has 186 valence electrons. The van der Waals surface area contributed by atoms with E-state index in [-0.39, 0.29) is 22.9 Å². The second-order valence-electron chi connectivity index (χ2n) is 9.28. The second kappa shape index (κ2) is 10.5. The quantitative estimate of drug-likeness (QED) is 0.474. The largest absolute Gasteiger partial charge is 0.493 e. The Morgan fingerprint density at radius 3 is 2.57 bits per heavy atom. The van der Waals surface area contributed by atoms with Crippen LogP contribution in [0.25, 0.3) is 10.9 Å². The molecule has 0 bridgehead atoms. The number of rotatable bonds is 6. The van der Waals surface area contributed by atoms with Crippen molar-refractivity contribution in [3.63, 3.8) is 0 Å². The van der Waals surface area contributed by atoms with Crippen LogP contribution in [0.5, 0.6) is 11.5 Å². The fraction of sp³-hybridized carbons (Fsp3) is 0.462. The summed E-state index contributed by atoms with van der Waals surface area (Å²) in [4.78, 5) is 11.2. The average Bonchev–Trinajstić information content (AvgIpc) is 2.88. The lowest BCUT2D eigenvalue weighted by Crippen LogP contribution is -2.45. The summed E-state index contributed by atoms with van der Waals surface area (Å²) >= 11 is 5.94. The van der Waals surface area contributed by atoms with Crippen LogP contribution in [0.2, 0.25) is 5.02 Å². The maximum Gasteiger partial charge on any atom is 0.165 e. The SMILES string of the molecule is COc1cc2ncnc(Nc3cccc(Cl)c3F)c2cc1OC1CCC(N2CCC(O)CC2)CC1. The van der Waals surface area contributed by atoms with Crippen LogP contribution in [0.1, 0.15) is 38.5 Å². The van der Waals surface area contributed by atoms with E-state index < -0.39 is 5.82 Å². The minimum absolute atomic E-state index is 0.0374. The van der Waals surface area contributed by atoms with Crippen molar-refractivity contribution in [2.75, 3.05) is 25.5 Å². The Labute approximate surface area is 209 Å². The van der Waals surface area contributed by atoms with E-state index in [1.54, 1.807) is 19.2 Å². The molecule has 0 spiro atoms. The summed E-state index contributed by atoms with van der Waals surface area (Å²) in [5.74, 6) is 1.14. The van der Waals surface area contributed by atoms with Gasteiger partial charge in [0.25, 0.3) is 0 Å². The smallest absolute Gasteiger partial charge is 0.165 e. The predicted molar refractivity (Wildman–Crippen MR) is 134 cm³/mol. The number of nitrogens with zero attached hydrogens (tertiary/aromatic N) is 3. The van der Waals surface area contributed by atoms with Crippen molar-refractivity contribution in [1.29, 1.82) is 0 Å². The Balaban J connectivity index is 1.33. The van der Waals surface area contributed by atoms with Crippen LogP contribution in [-0.2, 0) is 0 Å². The normalized spacial score (nSPS) is 21.7. The fourth-order valence-electron chi connectivity index (χ4n) is 5.10. The number of piperidine rings is 1. The van der Waals surface area contributed by atoms with Crippen LogP contribution in [-0.4, -0.2) is 58.4 Å². The maximum atomic E-state index is 14.5. The number of hydrogen-bond donors (Lipinski definition) is 2. The molecule has 1 aliphatic heterocycles. The van der Waals surface area contributed by atoms with Crippen LogP contribution in [0.3, 0.4) is 0 Å². The zero-order valence-corrected chi connectivity index (χ0v) is 20.5. The molecular weight excluding hydrogens is 471 g/mol. The van der Waals surface area contributed by atoms with E-state index in [1.807, 2.05) is 12.1 Å². The molecule has 2 aliphatic rings. The van der Waals surface area contributed by atoms with Crippen molar-refractivity contribution in [3.05, 3.63) is 47.5 Å². The van der Waals surface area contributed by atoms with Crippen molar-refractivity contribution in [2.24, 2.45) is 0 Å². The van der Waals surface area contributed by atoms with Crippen LogP contribution < -0.4 is 14.8 Å². The summed E-state index contributed by atoms with van der Waals surface area (Å²) in [5, 5.41) is 13.6. The molecule has 1 saturated heterocycles. The number of aromatic nitrogens is 2. The van der Waals surface area contributed by atoms with Crippen molar-refractivity contribution in [2.45, 2.75) is 56.8 Å². The van der Waals surface area contributed by atoms with E-state index in [9.17, 15) is 9.50 Å². The van der Waals surface area contributed by atoms with Gasteiger partial charge in [-0.3, -0.25) is 0 Å². The van der Waals surface area contributed by atoms with Gasteiger partial charge in [0, 0.05) is 30.6 Å². The Kier molecular flexibility index (Phi) is 7.22. The van der Waals surface area contributed by atoms with E-state index >= 15 is 0 Å². The first-order valence-electron chi connectivity index (χ1n) is 12.1. The van der Waals surface area contributed by atoms with Crippen LogP contribution in [0.4, 0.5) is 15.9 Å². The highest BCUT2D eigenvalue weighted by molar-refractivity contribution is 6.31. The first kappa shape index (κ1) is 24.0. The molecule has 2 fully saturated rings. The Hall–Kier alpha value is -2.68. The summed E-state index contributed by atoms with van der Waals surface area (Å²) in [6, 6.07) is 9.01. The number of fused-ring (bicyclic) bond motifs is 1. The number of ether oxygens (including phenoxy) is 2. The van der Waals surface area contributed by atoms with Crippen LogP contribution >= 0.6 is 11.6 Å². The van der Waals surface area contributed by atoms with Gasteiger partial charge < -0.3 is 24.8 Å². The number of halogens is 2. The van der Waals surface area contributed by atoms with Gasteiger partial charge in [0.15, 0.2) is 17.3 Å². The van der Waals surface area contributed by atoms with Crippen molar-refractivity contribution >= 4 is 34.0 Å². The van der Waals surface area contributed by atoms with E-state index in [4.69, 9.17) is 21.1 Å². The minimum Gasteiger partial charge on any atom is -0.493 e. The van der Waals surface area contributed by atoms with Gasteiger partial charge in [0.1, 0.15) is 12.1 Å². The highest BCUT2D eigenvalue weighted by Gasteiger charge is 2.29. The third-order valence-corrected chi connectivity index (χ3v) is 7.37. The number of aliphatic hydroxyl groups excluding tert-OH is 1. The average molecular weight is 501 g/mol. The monoisotopic (exact) mass is 500 g/mol. The molecule has 0 amide bonds. The molecule has 5 rings (SSSR count). The van der Waals surface area contributed by atoms with Gasteiger partial charge in [-0.2, -0.15) is 0 Å². The summed E-state index contributed by atoms with van der Waals surface area (Å²) in [5.41, 5.74) is 0.893. The number of hydrogen-bond acceptors (Lipinski definition) is 7. The molecule has 1 aliphatic carbocycles. The van der Waals surface area contributed by atoms with Gasteiger partial charge in [-0.15, -0.1) is 0 Å². The molecule has 2 N–H and O–H groups in total. The van der Waals surface area contributed by atoms with E-state index in [0.717, 1.165) is 51.6 Å². The molecule has 9 heteroatoms. The Morgan fingerprint density at radius 1 is 1.06 bits per heavy atom. The molecule has 2 heterocycles. The lowest BCUT2D eigenvalue weighted by Gasteiger charge is -2.40. The lowest BCUT2D eigenvalue weighted by molar-refractivity contribution is 0.0339. The predicted octanol–water partition coefficient (Wildman–Crippen LogP) is 5.32. The number of likely N-dealkylation sites (tertiary alicyclic amines) is 1. The highest BCUT2D eigenvalue weighted by atomic mass is 35.5. The Morgan fingerprint density at radius 2 is 1.83 bits per heavy atom. The standard InChI is InChI=1S/C26H30ClFN4O3/c1-34-23-14-22-19(26(30-15-29-22)31-21-4-2-3-20(27)25(21)28)13-24(23)35-18-7-5-16(6-8-18)32-11-9-17(33)10-12-32/h2-4,13-18,33H,5-12H2,1H3,(H,29,30,31). The molecule has 3 aromatic rings. The topological polar surface area (TPSA) is 79.7 Å². The first-order valence-corrected chi connectivity index (χ1v) is 12.5. The van der Waals surface area contributed by atoms with Gasteiger partial charge in [-0.1, -0.05) is 17.7 Å². The molecule has 1 saturated carbocycles. The third kappa shape index (κ3) is 5.29. The third-order valence-electron chi connectivity index (χ3n) is 7.08.